The Kier molecular flexibility index (Phi) is 5.73. The van der Waals surface area contributed by atoms with Gasteiger partial charge in [-0.05, 0) is 106 Å². The summed E-state index contributed by atoms with van der Waals surface area (Å²) in [4.78, 5) is 16.9. The smallest absolute Gasteiger partial charge is 0.335 e. The van der Waals surface area contributed by atoms with E-state index in [0.29, 0.717) is 17.0 Å². The zero-order valence-electron chi connectivity index (χ0n) is 20.7. The van der Waals surface area contributed by atoms with Crippen LogP contribution in [0.3, 0.4) is 0 Å². The number of carboxylic acids is 1. The Labute approximate surface area is 204 Å². The van der Waals surface area contributed by atoms with Crippen molar-refractivity contribution in [3.63, 3.8) is 0 Å². The van der Waals surface area contributed by atoms with E-state index in [-0.39, 0.29) is 5.54 Å². The number of aliphatic carboxylic acids is 1. The highest BCUT2D eigenvalue weighted by Gasteiger charge is 2.51. The maximum Gasteiger partial charge on any atom is 0.335 e. The van der Waals surface area contributed by atoms with Crippen molar-refractivity contribution in [3.8, 4) is 0 Å². The number of likely N-dealkylation sites (tertiary alicyclic amines) is 2. The summed E-state index contributed by atoms with van der Waals surface area (Å²) in [7, 11) is 0. The SMILES string of the molecule is CC[C@@]1(N2CCC3(CC2)CC(N2CCCC2c2ccccc2C2CC2)C3)C=CC(C(=O)O)=CC1. The normalized spacial score (nSPS) is 32.0. The molecule has 0 amide bonds. The van der Waals surface area contributed by atoms with Crippen LogP contribution in [0, 0.1) is 5.41 Å². The van der Waals surface area contributed by atoms with E-state index in [1.54, 1.807) is 11.1 Å². The molecule has 1 aromatic carbocycles. The molecule has 0 radical (unpaired) electrons. The lowest BCUT2D eigenvalue weighted by molar-refractivity contribution is -0.132. The topological polar surface area (TPSA) is 43.8 Å². The second-order valence-corrected chi connectivity index (χ2v) is 11.8. The van der Waals surface area contributed by atoms with E-state index < -0.39 is 5.97 Å². The van der Waals surface area contributed by atoms with Gasteiger partial charge in [-0.15, -0.1) is 0 Å². The van der Waals surface area contributed by atoms with E-state index in [1.165, 1.54) is 57.9 Å². The van der Waals surface area contributed by atoms with Crippen molar-refractivity contribution in [3.05, 3.63) is 59.2 Å². The number of piperidine rings is 1. The van der Waals surface area contributed by atoms with Crippen LogP contribution in [-0.4, -0.2) is 52.1 Å². The standard InChI is InChI=1S/C30H40N2O2/c1-2-30(13-11-23(12-14-30)28(33)34)31-18-15-29(16-19-31)20-24(21-29)32-17-5-8-27(32)26-7-4-3-6-25(26)22-9-10-22/h3-4,6-7,11-13,22,24,27H,2,5,8-10,14-21H2,1H3,(H,33,34)/t27?,30-/m1/s1. The second-order valence-electron chi connectivity index (χ2n) is 11.8. The first kappa shape index (κ1) is 22.5. The zero-order valence-corrected chi connectivity index (χ0v) is 20.7. The van der Waals surface area contributed by atoms with Crippen LogP contribution in [0.4, 0.5) is 0 Å². The molecular weight excluding hydrogens is 420 g/mol. The molecule has 2 atom stereocenters. The molecule has 2 aliphatic heterocycles. The molecule has 0 bridgehead atoms. The van der Waals surface area contributed by atoms with Crippen LogP contribution in [0.1, 0.15) is 94.2 Å². The van der Waals surface area contributed by atoms with Gasteiger partial charge in [-0.2, -0.15) is 0 Å². The average molecular weight is 461 g/mol. The molecule has 4 nitrogen and oxygen atoms in total. The van der Waals surface area contributed by atoms with Gasteiger partial charge in [0, 0.05) is 17.6 Å². The Bertz CT molecular complexity index is 993. The van der Waals surface area contributed by atoms with Gasteiger partial charge in [0.25, 0.3) is 0 Å². The number of hydrogen-bond donors (Lipinski definition) is 1. The van der Waals surface area contributed by atoms with Crippen molar-refractivity contribution in [2.75, 3.05) is 19.6 Å². The first-order valence-corrected chi connectivity index (χ1v) is 13.7. The third-order valence-electron chi connectivity index (χ3n) is 10.0. The molecule has 4 heteroatoms. The van der Waals surface area contributed by atoms with Crippen LogP contribution in [0.2, 0.25) is 0 Å². The maximum absolute atomic E-state index is 11.3. The third kappa shape index (κ3) is 3.87. The zero-order chi connectivity index (χ0) is 23.3. The average Bonchev–Trinajstić information content (AvgIpc) is 3.59. The third-order valence-corrected chi connectivity index (χ3v) is 10.0. The predicted octanol–water partition coefficient (Wildman–Crippen LogP) is 6.07. The van der Waals surface area contributed by atoms with Gasteiger partial charge < -0.3 is 5.11 Å². The lowest BCUT2D eigenvalue weighted by atomic mass is 9.59. The van der Waals surface area contributed by atoms with E-state index in [0.717, 1.165) is 37.9 Å². The molecule has 2 heterocycles. The second kappa shape index (κ2) is 8.64. The van der Waals surface area contributed by atoms with Crippen molar-refractivity contribution in [1.82, 2.24) is 9.80 Å². The number of nitrogens with zero attached hydrogens (tertiary/aromatic N) is 2. The van der Waals surface area contributed by atoms with E-state index in [4.69, 9.17) is 0 Å². The Morgan fingerprint density at radius 3 is 2.41 bits per heavy atom. The minimum atomic E-state index is -0.806. The van der Waals surface area contributed by atoms with Crippen molar-refractivity contribution in [1.29, 1.82) is 0 Å². The predicted molar refractivity (Wildman–Crippen MR) is 136 cm³/mol. The summed E-state index contributed by atoms with van der Waals surface area (Å²) in [5.41, 5.74) is 4.28. The highest BCUT2D eigenvalue weighted by atomic mass is 16.4. The van der Waals surface area contributed by atoms with Crippen molar-refractivity contribution >= 4 is 5.97 Å². The lowest BCUT2D eigenvalue weighted by Gasteiger charge is -2.58. The number of hydrogen-bond acceptors (Lipinski definition) is 3. The van der Waals surface area contributed by atoms with Crippen LogP contribution in [0.25, 0.3) is 0 Å². The first-order chi connectivity index (χ1) is 16.5. The minimum absolute atomic E-state index is 0.0102. The summed E-state index contributed by atoms with van der Waals surface area (Å²) in [5.74, 6) is 0.0240. The molecule has 1 spiro atoms. The van der Waals surface area contributed by atoms with Gasteiger partial charge in [-0.1, -0.05) is 49.4 Å². The van der Waals surface area contributed by atoms with Gasteiger partial charge in [-0.25, -0.2) is 4.79 Å². The molecule has 4 fully saturated rings. The molecular formula is C30H40N2O2. The molecule has 5 aliphatic rings. The van der Waals surface area contributed by atoms with E-state index in [1.807, 2.05) is 12.2 Å². The minimum Gasteiger partial charge on any atom is -0.478 e. The van der Waals surface area contributed by atoms with Crippen LogP contribution in [0.5, 0.6) is 0 Å². The summed E-state index contributed by atoms with van der Waals surface area (Å²) in [6.45, 7) is 5.82. The van der Waals surface area contributed by atoms with Gasteiger partial charge in [0.2, 0.25) is 0 Å². The maximum atomic E-state index is 11.3. The highest BCUT2D eigenvalue weighted by molar-refractivity contribution is 5.90. The molecule has 2 saturated carbocycles. The highest BCUT2D eigenvalue weighted by Crippen LogP contribution is 2.55. The fourth-order valence-electron chi connectivity index (χ4n) is 7.70. The number of rotatable bonds is 6. The molecule has 2 saturated heterocycles. The molecule has 34 heavy (non-hydrogen) atoms. The van der Waals surface area contributed by atoms with Crippen molar-refractivity contribution < 1.29 is 9.90 Å². The summed E-state index contributed by atoms with van der Waals surface area (Å²) in [6.07, 6.45) is 18.6. The van der Waals surface area contributed by atoms with E-state index >= 15 is 0 Å². The Hall–Kier alpha value is -1.91. The van der Waals surface area contributed by atoms with Crippen LogP contribution in [-0.2, 0) is 4.79 Å². The molecule has 0 aromatic heterocycles. The van der Waals surface area contributed by atoms with Crippen LogP contribution in [0.15, 0.2) is 48.1 Å². The van der Waals surface area contributed by atoms with E-state index in [9.17, 15) is 9.90 Å². The van der Waals surface area contributed by atoms with Gasteiger partial charge >= 0.3 is 5.97 Å². The van der Waals surface area contributed by atoms with E-state index in [2.05, 4.69) is 47.1 Å². The summed E-state index contributed by atoms with van der Waals surface area (Å²) in [5, 5.41) is 9.31. The van der Waals surface area contributed by atoms with Crippen LogP contribution < -0.4 is 0 Å². The monoisotopic (exact) mass is 460 g/mol. The Morgan fingerprint density at radius 1 is 1.06 bits per heavy atom. The number of carbonyl (C=O) groups is 1. The van der Waals surface area contributed by atoms with Crippen LogP contribution >= 0.6 is 0 Å². The molecule has 6 rings (SSSR count). The summed E-state index contributed by atoms with van der Waals surface area (Å²) in [6, 6.07) is 10.7. The van der Waals surface area contributed by atoms with Gasteiger partial charge in [-0.3, -0.25) is 9.80 Å². The largest absolute Gasteiger partial charge is 0.478 e. The Balaban J connectivity index is 1.08. The molecule has 182 valence electrons. The van der Waals surface area contributed by atoms with Gasteiger partial charge in [0.1, 0.15) is 0 Å². The quantitative estimate of drug-likeness (QED) is 0.560. The summed E-state index contributed by atoms with van der Waals surface area (Å²) < 4.78 is 0. The molecule has 1 N–H and O–H groups in total. The van der Waals surface area contributed by atoms with Crippen molar-refractivity contribution in [2.24, 2.45) is 5.41 Å². The van der Waals surface area contributed by atoms with Crippen molar-refractivity contribution in [2.45, 2.75) is 94.7 Å². The fraction of sp³-hybridized carbons (Fsp3) is 0.633. The number of benzene rings is 1. The lowest BCUT2D eigenvalue weighted by Crippen LogP contribution is -2.58. The Morgan fingerprint density at radius 2 is 1.79 bits per heavy atom. The fourth-order valence-corrected chi connectivity index (χ4v) is 7.70. The molecule has 1 aromatic rings. The summed E-state index contributed by atoms with van der Waals surface area (Å²) >= 11 is 0. The molecule has 1 unspecified atom stereocenters. The molecule has 3 aliphatic carbocycles. The van der Waals surface area contributed by atoms with Gasteiger partial charge in [0.15, 0.2) is 0 Å². The van der Waals surface area contributed by atoms with Gasteiger partial charge in [0.05, 0.1) is 5.57 Å². The number of carboxylic acid groups (broad SMARTS) is 1. The first-order valence-electron chi connectivity index (χ1n) is 13.7.